The summed E-state index contributed by atoms with van der Waals surface area (Å²) in [5.41, 5.74) is 8.59. The lowest BCUT2D eigenvalue weighted by atomic mass is 9.85. The highest BCUT2D eigenvalue weighted by atomic mass is 35.5. The Hall–Kier alpha value is -6.47. The van der Waals surface area contributed by atoms with E-state index in [9.17, 15) is 24.3 Å². The van der Waals surface area contributed by atoms with Gasteiger partial charge in [0.15, 0.2) is 11.9 Å². The molecule has 2 fully saturated rings. The van der Waals surface area contributed by atoms with Crippen LogP contribution in [0.5, 0.6) is 11.5 Å². The SMILES string of the molecule is Cc1ncsc1-c1ccc([C@H](C)NC(=O)[C@@H]2C[C@@H](O)CN2C(=O)C(NC(=O)[C@H]2Cc3ccc(O[C@H]4C[C@@H](NC(=O)C[C@@H]5N=C(c6ccc(Cl)cc6)c6c(sc(C)c6C)-n6c(C)nnc65)C4)cc3O2)C(C)(C)C)cc1. The summed E-state index contributed by atoms with van der Waals surface area (Å²) in [5.74, 6) is 0.975. The molecule has 386 valence electrons. The predicted molar refractivity (Wildman–Crippen MR) is 284 cm³/mol. The van der Waals surface area contributed by atoms with Crippen LogP contribution in [0.15, 0.2) is 77.2 Å². The molecule has 19 heteroatoms. The Balaban J connectivity index is 0.732. The number of hydrogen-bond donors (Lipinski definition) is 4. The van der Waals surface area contributed by atoms with E-state index in [2.05, 4.69) is 45.0 Å². The van der Waals surface area contributed by atoms with E-state index >= 15 is 0 Å². The molecule has 16 nitrogen and oxygen atoms in total. The Morgan fingerprint density at radius 3 is 2.36 bits per heavy atom. The van der Waals surface area contributed by atoms with Crippen LogP contribution in [0.25, 0.3) is 15.4 Å². The summed E-state index contributed by atoms with van der Waals surface area (Å²) < 4.78 is 14.6. The minimum atomic E-state index is -1.02. The molecule has 3 aromatic carbocycles. The Labute approximate surface area is 443 Å². The number of benzene rings is 3. The van der Waals surface area contributed by atoms with E-state index in [0.717, 1.165) is 60.5 Å². The number of ether oxygens (including phenoxy) is 2. The first-order chi connectivity index (χ1) is 35.3. The van der Waals surface area contributed by atoms with Crippen molar-refractivity contribution in [2.75, 3.05) is 6.54 Å². The Kier molecular flexibility index (Phi) is 14.0. The van der Waals surface area contributed by atoms with E-state index in [4.69, 9.17) is 26.1 Å². The van der Waals surface area contributed by atoms with Crippen LogP contribution in [-0.4, -0.2) is 102 Å². The minimum absolute atomic E-state index is 0.0397. The molecule has 6 heterocycles. The van der Waals surface area contributed by atoms with Crippen LogP contribution in [0.3, 0.4) is 0 Å². The summed E-state index contributed by atoms with van der Waals surface area (Å²) in [5, 5.41) is 30.5. The normalized spacial score (nSPS) is 21.7. The summed E-state index contributed by atoms with van der Waals surface area (Å²) in [6.45, 7) is 15.5. The number of aryl methyl sites for hydroxylation is 3. The summed E-state index contributed by atoms with van der Waals surface area (Å²) in [4.78, 5) is 69.2. The largest absolute Gasteiger partial charge is 0.490 e. The topological polar surface area (TPSA) is 202 Å². The van der Waals surface area contributed by atoms with Crippen molar-refractivity contribution in [2.24, 2.45) is 10.4 Å². The first kappa shape index (κ1) is 51.0. The van der Waals surface area contributed by atoms with Crippen molar-refractivity contribution in [3.05, 3.63) is 127 Å². The van der Waals surface area contributed by atoms with E-state index < -0.39 is 47.6 Å². The van der Waals surface area contributed by atoms with Crippen molar-refractivity contribution < 1.29 is 33.8 Å². The van der Waals surface area contributed by atoms with Gasteiger partial charge in [0.05, 0.1) is 40.4 Å². The quantitative estimate of drug-likeness (QED) is 0.0878. The molecule has 4 N–H and O–H groups in total. The van der Waals surface area contributed by atoms with E-state index in [-0.39, 0.29) is 55.8 Å². The molecule has 1 saturated carbocycles. The molecule has 1 aliphatic carbocycles. The fraction of sp³-hybridized carbons (Fsp3) is 0.418. The molecule has 3 aliphatic heterocycles. The molecular weight excluding hydrogens is 998 g/mol. The number of carbonyl (C=O) groups excluding carboxylic acids is 4. The number of β-amino-alcohol motifs (C(OH)–C–C–N with tert-alkyl or cyclic N) is 1. The summed E-state index contributed by atoms with van der Waals surface area (Å²) in [6.07, 6.45) is -0.321. The number of likely N-dealkylation sites (tertiary alicyclic amines) is 1. The lowest BCUT2D eigenvalue weighted by Gasteiger charge is -2.36. The van der Waals surface area contributed by atoms with E-state index in [1.54, 1.807) is 28.7 Å². The third-order valence-electron chi connectivity index (χ3n) is 14.5. The van der Waals surface area contributed by atoms with Gasteiger partial charge in [-0.3, -0.25) is 28.7 Å². The number of carbonyl (C=O) groups is 4. The number of aliphatic hydroxyl groups is 1. The summed E-state index contributed by atoms with van der Waals surface area (Å²) in [6, 6.07) is 18.0. The zero-order valence-electron chi connectivity index (χ0n) is 42.6. The highest BCUT2D eigenvalue weighted by Gasteiger charge is 2.46. The van der Waals surface area contributed by atoms with Gasteiger partial charge in [-0.15, -0.1) is 32.9 Å². The van der Waals surface area contributed by atoms with E-state index in [1.807, 2.05) is 112 Å². The van der Waals surface area contributed by atoms with E-state index in [0.29, 0.717) is 35.2 Å². The lowest BCUT2D eigenvalue weighted by molar-refractivity contribution is -0.145. The Morgan fingerprint density at radius 1 is 0.932 bits per heavy atom. The average molecular weight is 1060 g/mol. The first-order valence-electron chi connectivity index (χ1n) is 25.0. The number of thiophene rings is 1. The van der Waals surface area contributed by atoms with Gasteiger partial charge in [-0.1, -0.05) is 74.8 Å². The van der Waals surface area contributed by atoms with Crippen molar-refractivity contribution in [3.63, 3.8) is 0 Å². The Bertz CT molecular complexity index is 3170. The van der Waals surface area contributed by atoms with Crippen LogP contribution in [-0.2, 0) is 25.6 Å². The third kappa shape index (κ3) is 10.2. The standard InChI is InChI=1S/C55H60ClN9O7S2/c1-27-30(4)74-54-46(27)47(33-13-16-36(56)17-14-33)60-41(50-63-62-31(5)65(50)54)24-45(67)59-37-20-40(21-37)71-39-18-15-35-19-44(72-43(35)23-39)52(69)61-49(55(6,7)8)53(70)64-25-38(66)22-42(64)51(68)58-28(2)32-9-11-34(12-10-32)48-29(3)57-26-73-48/h9-18,23,26,28,37-38,40-42,44,49,66H,19-22,24-25H2,1-8H3,(H,58,68)(H,59,67)(H,61,69)/t28-,37-,38+,40+,41-,42-,44+,49?/m0/s1. The fourth-order valence-electron chi connectivity index (χ4n) is 10.2. The number of thiazole rings is 1. The second-order valence-corrected chi connectivity index (χ2v) is 23.5. The van der Waals surface area contributed by atoms with Crippen LogP contribution in [0.4, 0.5) is 0 Å². The second kappa shape index (κ2) is 20.3. The number of aromatic nitrogens is 4. The number of halogens is 1. The number of fused-ring (bicyclic) bond motifs is 4. The van der Waals surface area contributed by atoms with Crippen LogP contribution in [0, 0.1) is 33.1 Å². The van der Waals surface area contributed by atoms with Gasteiger partial charge in [0, 0.05) is 65.4 Å². The number of aliphatic hydroxyl groups excluding tert-OH is 1. The molecule has 0 radical (unpaired) electrons. The van der Waals surface area contributed by atoms with Crippen LogP contribution in [0.1, 0.15) is 115 Å². The van der Waals surface area contributed by atoms with Crippen LogP contribution in [0.2, 0.25) is 5.02 Å². The maximum absolute atomic E-state index is 14.4. The molecule has 1 unspecified atom stereocenters. The van der Waals surface area contributed by atoms with Gasteiger partial charge in [0.2, 0.25) is 17.7 Å². The number of rotatable bonds is 13. The summed E-state index contributed by atoms with van der Waals surface area (Å²) in [7, 11) is 0. The Morgan fingerprint density at radius 2 is 1.66 bits per heavy atom. The number of hydrogen-bond acceptors (Lipinski definition) is 13. The molecule has 4 amide bonds. The van der Waals surface area contributed by atoms with E-state index in [1.165, 1.54) is 9.78 Å². The third-order valence-corrected chi connectivity index (χ3v) is 17.0. The van der Waals surface area contributed by atoms with Gasteiger partial charge in [-0.2, -0.15) is 0 Å². The summed E-state index contributed by atoms with van der Waals surface area (Å²) >= 11 is 9.51. The molecule has 10 rings (SSSR count). The monoisotopic (exact) mass is 1060 g/mol. The number of nitrogens with zero attached hydrogens (tertiary/aromatic N) is 6. The highest BCUT2D eigenvalue weighted by molar-refractivity contribution is 7.15. The van der Waals surface area contributed by atoms with Gasteiger partial charge in [0.1, 0.15) is 46.6 Å². The molecule has 6 atom stereocenters. The van der Waals surface area contributed by atoms with Crippen molar-refractivity contribution in [3.8, 4) is 26.9 Å². The van der Waals surface area contributed by atoms with Gasteiger partial charge in [0.25, 0.3) is 5.91 Å². The maximum atomic E-state index is 14.4. The number of aliphatic imine (C=N–C) groups is 1. The number of nitrogens with one attached hydrogen (secondary N) is 3. The van der Waals surface area contributed by atoms with Gasteiger partial charge >= 0.3 is 0 Å². The van der Waals surface area contributed by atoms with Gasteiger partial charge < -0.3 is 35.4 Å². The predicted octanol–water partition coefficient (Wildman–Crippen LogP) is 8.02. The smallest absolute Gasteiger partial charge is 0.262 e. The van der Waals surface area contributed by atoms with Crippen molar-refractivity contribution in [2.45, 2.75) is 136 Å². The molecule has 0 spiro atoms. The molecule has 74 heavy (non-hydrogen) atoms. The average Bonchev–Trinajstić information content (AvgIpc) is 4.19. The maximum Gasteiger partial charge on any atom is 0.262 e. The molecule has 0 bridgehead atoms. The molecule has 3 aromatic heterocycles. The molecule has 1 saturated heterocycles. The molecule has 6 aromatic rings. The zero-order valence-corrected chi connectivity index (χ0v) is 45.0. The zero-order chi connectivity index (χ0) is 52.3. The number of amides is 4. The van der Waals surface area contributed by atoms with Crippen molar-refractivity contribution >= 4 is 63.6 Å². The minimum Gasteiger partial charge on any atom is -0.490 e. The van der Waals surface area contributed by atoms with Crippen molar-refractivity contribution in [1.29, 1.82) is 0 Å². The fourth-order valence-corrected chi connectivity index (χ4v) is 12.4. The lowest BCUT2D eigenvalue weighted by Crippen LogP contribution is -2.59. The first-order valence-corrected chi connectivity index (χ1v) is 27.1. The van der Waals surface area contributed by atoms with Crippen molar-refractivity contribution in [1.82, 2.24) is 40.6 Å². The molecule has 4 aliphatic rings. The second-order valence-electron chi connectivity index (χ2n) is 21.0. The van der Waals surface area contributed by atoms with Gasteiger partial charge in [-0.05, 0) is 80.5 Å². The van der Waals surface area contributed by atoms with Crippen LogP contribution < -0.4 is 25.4 Å². The highest BCUT2D eigenvalue weighted by Crippen LogP contribution is 2.41. The van der Waals surface area contributed by atoms with Gasteiger partial charge in [-0.25, -0.2) is 4.98 Å². The molecular formula is C55H60ClN9O7S2. The van der Waals surface area contributed by atoms with Crippen LogP contribution >= 0.6 is 34.3 Å².